The number of fused-ring (bicyclic) bond motifs is 3. The summed E-state index contributed by atoms with van der Waals surface area (Å²) in [6.07, 6.45) is 0. The third-order valence-corrected chi connectivity index (χ3v) is 4.54. The van der Waals surface area contributed by atoms with Crippen LogP contribution in [-0.4, -0.2) is 31.1 Å². The number of aliphatic hydroxyl groups is 1. The summed E-state index contributed by atoms with van der Waals surface area (Å²) in [5.74, 6) is -0.261. The van der Waals surface area contributed by atoms with Crippen LogP contribution in [0.15, 0.2) is 35.2 Å². The van der Waals surface area contributed by atoms with Crippen LogP contribution in [0, 0.1) is 0 Å². The van der Waals surface area contributed by atoms with Crippen molar-refractivity contribution in [3.05, 3.63) is 41.5 Å². The summed E-state index contributed by atoms with van der Waals surface area (Å²) in [6, 6.07) is 9.77. The lowest BCUT2D eigenvalue weighted by Crippen LogP contribution is -2.22. The van der Waals surface area contributed by atoms with Crippen molar-refractivity contribution in [1.82, 2.24) is 0 Å². The van der Waals surface area contributed by atoms with E-state index >= 15 is 0 Å². The van der Waals surface area contributed by atoms with E-state index in [1.54, 1.807) is 6.07 Å². The van der Waals surface area contributed by atoms with Gasteiger partial charge >= 0.3 is 0 Å². The van der Waals surface area contributed by atoms with E-state index < -0.39 is 6.61 Å². The van der Waals surface area contributed by atoms with Gasteiger partial charge in [0.1, 0.15) is 6.61 Å². The second-order valence-electron chi connectivity index (χ2n) is 5.73. The van der Waals surface area contributed by atoms with Crippen molar-refractivity contribution < 1.29 is 9.90 Å². The van der Waals surface area contributed by atoms with Crippen LogP contribution in [0.4, 0.5) is 11.4 Å². The number of Topliss-reactive ketones (excluding diaryl/α,β-unsaturated/α-hetero) is 1. The van der Waals surface area contributed by atoms with Gasteiger partial charge in [0.25, 0.3) is 0 Å². The minimum atomic E-state index is -0.470. The number of hydrogen-bond donors (Lipinski definition) is 3. The number of rotatable bonds is 4. The molecule has 0 saturated carbocycles. The first kappa shape index (κ1) is 15.9. The Balaban J connectivity index is 2.16. The Hall–Kier alpha value is -1.98. The quantitative estimate of drug-likeness (QED) is 0.596. The molecule has 0 aromatic heterocycles. The van der Waals surface area contributed by atoms with Gasteiger partial charge < -0.3 is 15.3 Å². The van der Waals surface area contributed by atoms with E-state index in [2.05, 4.69) is 42.9 Å². The Morgan fingerprint density at radius 2 is 2.09 bits per heavy atom. The van der Waals surface area contributed by atoms with Crippen molar-refractivity contribution >= 4 is 29.8 Å². The summed E-state index contributed by atoms with van der Waals surface area (Å²) in [5.41, 5.74) is 5.92. The molecule has 0 atom stereocenters. The Kier molecular flexibility index (Phi) is 4.33. The average Bonchev–Trinajstić information content (AvgIpc) is 2.55. The largest absolute Gasteiger partial charge is 0.388 e. The van der Waals surface area contributed by atoms with Gasteiger partial charge in [-0.05, 0) is 36.2 Å². The highest BCUT2D eigenvalue weighted by Crippen LogP contribution is 2.42. The van der Waals surface area contributed by atoms with Crippen LogP contribution < -0.4 is 10.2 Å². The van der Waals surface area contributed by atoms with Gasteiger partial charge in [0.2, 0.25) is 0 Å². The molecule has 0 fully saturated rings. The lowest BCUT2D eigenvalue weighted by Gasteiger charge is -2.31. The van der Waals surface area contributed by atoms with E-state index in [0.29, 0.717) is 5.56 Å². The van der Waals surface area contributed by atoms with Crippen molar-refractivity contribution in [2.24, 2.45) is 0 Å². The fourth-order valence-electron chi connectivity index (χ4n) is 3.01. The van der Waals surface area contributed by atoms with Crippen LogP contribution in [0.25, 0.3) is 11.1 Å². The van der Waals surface area contributed by atoms with E-state index in [1.165, 1.54) is 5.56 Å². The van der Waals surface area contributed by atoms with Crippen molar-refractivity contribution in [2.45, 2.75) is 18.4 Å². The van der Waals surface area contributed by atoms with Gasteiger partial charge in [-0.1, -0.05) is 12.1 Å². The summed E-state index contributed by atoms with van der Waals surface area (Å²) >= 11 is 4.58. The minimum absolute atomic E-state index is 0.261. The van der Waals surface area contributed by atoms with Gasteiger partial charge in [-0.15, -0.1) is 12.6 Å². The molecule has 3 rings (SSSR count). The zero-order valence-corrected chi connectivity index (χ0v) is 14.2. The van der Waals surface area contributed by atoms with E-state index in [-0.39, 0.29) is 5.78 Å². The van der Waals surface area contributed by atoms with Crippen LogP contribution in [0.5, 0.6) is 0 Å². The SMILES string of the molecule is CCNc1cc2c(cc1S)-c1cc(C(=O)CO)ccc1CN2C. The molecular formula is C18H20N2O2S. The second kappa shape index (κ2) is 6.26. The predicted octanol–water partition coefficient (Wildman–Crippen LogP) is 3.20. The molecule has 2 N–H and O–H groups in total. The maximum atomic E-state index is 11.8. The second-order valence-corrected chi connectivity index (χ2v) is 6.21. The minimum Gasteiger partial charge on any atom is -0.388 e. The van der Waals surface area contributed by atoms with Crippen LogP contribution in [-0.2, 0) is 6.54 Å². The molecule has 0 saturated heterocycles. The van der Waals surface area contributed by atoms with E-state index in [9.17, 15) is 4.79 Å². The van der Waals surface area contributed by atoms with Crippen molar-refractivity contribution in [3.8, 4) is 11.1 Å². The molecule has 4 nitrogen and oxygen atoms in total. The van der Waals surface area contributed by atoms with E-state index in [0.717, 1.165) is 40.5 Å². The number of nitrogens with one attached hydrogen (secondary N) is 1. The molecule has 0 unspecified atom stereocenters. The number of thiol groups is 1. The van der Waals surface area contributed by atoms with Crippen molar-refractivity contribution in [1.29, 1.82) is 0 Å². The Bertz CT molecular complexity index is 774. The van der Waals surface area contributed by atoms with Gasteiger partial charge in [0.15, 0.2) is 5.78 Å². The first-order valence-electron chi connectivity index (χ1n) is 7.64. The standard InChI is InChI=1S/C18H20N2O2S/c1-3-19-15-8-16-14(7-18(15)23)13-6-11(17(22)10-21)4-5-12(13)9-20(16)2/h4-8,19,21,23H,3,9-10H2,1-2H3. The van der Waals surface area contributed by atoms with E-state index in [4.69, 9.17) is 5.11 Å². The van der Waals surface area contributed by atoms with Gasteiger partial charge in [-0.3, -0.25) is 4.79 Å². The first-order valence-corrected chi connectivity index (χ1v) is 8.09. The van der Waals surface area contributed by atoms with Crippen molar-refractivity contribution in [2.75, 3.05) is 30.4 Å². The molecule has 1 heterocycles. The number of ketones is 1. The molecule has 0 bridgehead atoms. The van der Waals surface area contributed by atoms with E-state index in [1.807, 2.05) is 18.2 Å². The average molecular weight is 328 g/mol. The monoisotopic (exact) mass is 328 g/mol. The maximum Gasteiger partial charge on any atom is 0.188 e. The number of carbonyl (C=O) groups excluding carboxylic acids is 1. The van der Waals surface area contributed by atoms with Crippen LogP contribution >= 0.6 is 12.6 Å². The molecule has 0 radical (unpaired) electrons. The molecule has 0 aliphatic carbocycles. The molecule has 2 aromatic carbocycles. The van der Waals surface area contributed by atoms with Gasteiger partial charge in [0.05, 0.1) is 0 Å². The van der Waals surface area contributed by atoms with Gasteiger partial charge in [0, 0.05) is 47.5 Å². The highest BCUT2D eigenvalue weighted by molar-refractivity contribution is 7.80. The molecule has 0 spiro atoms. The summed E-state index contributed by atoms with van der Waals surface area (Å²) in [7, 11) is 2.06. The zero-order valence-electron chi connectivity index (χ0n) is 13.3. The van der Waals surface area contributed by atoms with Crippen LogP contribution in [0.2, 0.25) is 0 Å². The van der Waals surface area contributed by atoms with Crippen LogP contribution in [0.3, 0.4) is 0 Å². The Morgan fingerprint density at radius 3 is 2.78 bits per heavy atom. The number of benzene rings is 2. The topological polar surface area (TPSA) is 52.6 Å². The Labute approximate surface area is 141 Å². The fraction of sp³-hybridized carbons (Fsp3) is 0.278. The lowest BCUT2D eigenvalue weighted by atomic mass is 9.91. The molecule has 1 aliphatic rings. The van der Waals surface area contributed by atoms with Crippen molar-refractivity contribution in [3.63, 3.8) is 0 Å². The summed E-state index contributed by atoms with van der Waals surface area (Å²) < 4.78 is 0. The summed E-state index contributed by atoms with van der Waals surface area (Å²) in [6.45, 7) is 3.20. The third kappa shape index (κ3) is 2.82. The smallest absolute Gasteiger partial charge is 0.188 e. The number of aliphatic hydroxyl groups excluding tert-OH is 1. The number of nitrogens with zero attached hydrogens (tertiary/aromatic N) is 1. The molecular weight excluding hydrogens is 308 g/mol. The number of carbonyl (C=O) groups is 1. The highest BCUT2D eigenvalue weighted by Gasteiger charge is 2.22. The predicted molar refractivity (Wildman–Crippen MR) is 96.8 cm³/mol. The molecule has 0 amide bonds. The zero-order chi connectivity index (χ0) is 16.6. The third-order valence-electron chi connectivity index (χ3n) is 4.17. The van der Waals surface area contributed by atoms with Gasteiger partial charge in [-0.2, -0.15) is 0 Å². The fourth-order valence-corrected chi connectivity index (χ4v) is 3.28. The number of hydrogen-bond acceptors (Lipinski definition) is 5. The summed E-state index contributed by atoms with van der Waals surface area (Å²) in [5, 5.41) is 12.4. The molecule has 120 valence electrons. The maximum absolute atomic E-state index is 11.8. The molecule has 1 aliphatic heterocycles. The Morgan fingerprint density at radius 1 is 1.30 bits per heavy atom. The highest BCUT2D eigenvalue weighted by atomic mass is 32.1. The molecule has 2 aromatic rings. The normalized spacial score (nSPS) is 12.6. The molecule has 23 heavy (non-hydrogen) atoms. The van der Waals surface area contributed by atoms with Crippen LogP contribution in [0.1, 0.15) is 22.8 Å². The summed E-state index contributed by atoms with van der Waals surface area (Å²) in [4.78, 5) is 14.9. The van der Waals surface area contributed by atoms with Gasteiger partial charge in [-0.25, -0.2) is 0 Å². The molecule has 5 heteroatoms. The number of anilines is 2. The lowest BCUT2D eigenvalue weighted by molar-refractivity contribution is 0.0904. The first-order chi connectivity index (χ1) is 11.0.